The number of rotatable bonds is 6. The molecule has 0 atom stereocenters. The molecule has 0 saturated carbocycles. The van der Waals surface area contributed by atoms with Gasteiger partial charge in [-0.1, -0.05) is 0 Å². The minimum atomic E-state index is 0.257. The summed E-state index contributed by atoms with van der Waals surface area (Å²) < 4.78 is 7.06. The predicted molar refractivity (Wildman–Crippen MR) is 82.1 cm³/mol. The molecule has 1 aliphatic rings. The maximum atomic E-state index is 12.3. The second kappa shape index (κ2) is 7.59. The zero-order chi connectivity index (χ0) is 15.2. The number of piperidine rings is 1. The molecule has 0 unspecified atom stereocenters. The van der Waals surface area contributed by atoms with Crippen LogP contribution >= 0.6 is 0 Å². The van der Waals surface area contributed by atoms with Gasteiger partial charge in [0, 0.05) is 45.5 Å². The number of aryl methyl sites for hydroxylation is 3. The van der Waals surface area contributed by atoms with Crippen molar-refractivity contribution in [1.82, 2.24) is 14.7 Å². The second-order valence-corrected chi connectivity index (χ2v) is 6.01. The van der Waals surface area contributed by atoms with E-state index in [0.29, 0.717) is 18.9 Å². The van der Waals surface area contributed by atoms with Crippen LogP contribution in [0, 0.1) is 19.8 Å². The van der Waals surface area contributed by atoms with Crippen LogP contribution in [-0.2, 0) is 16.1 Å². The number of carbonyl (C=O) groups is 1. The predicted octanol–water partition coefficient (Wildman–Crippen LogP) is 2.17. The summed E-state index contributed by atoms with van der Waals surface area (Å²) >= 11 is 0. The molecule has 5 heteroatoms. The van der Waals surface area contributed by atoms with Gasteiger partial charge < -0.3 is 9.64 Å². The Kier molecular flexibility index (Phi) is 5.79. The van der Waals surface area contributed by atoms with E-state index >= 15 is 0 Å². The molecule has 1 aromatic heterocycles. The summed E-state index contributed by atoms with van der Waals surface area (Å²) in [5, 5.41) is 4.41. The number of ether oxygens (including phenoxy) is 1. The van der Waals surface area contributed by atoms with Crippen molar-refractivity contribution < 1.29 is 9.53 Å². The van der Waals surface area contributed by atoms with Gasteiger partial charge in [0.1, 0.15) is 0 Å². The maximum absolute atomic E-state index is 12.3. The summed E-state index contributed by atoms with van der Waals surface area (Å²) in [4.78, 5) is 14.3. The van der Waals surface area contributed by atoms with Gasteiger partial charge in [0.2, 0.25) is 5.91 Å². The highest BCUT2D eigenvalue weighted by molar-refractivity contribution is 5.76. The topological polar surface area (TPSA) is 47.4 Å². The Morgan fingerprint density at radius 1 is 1.38 bits per heavy atom. The number of aromatic nitrogens is 2. The van der Waals surface area contributed by atoms with Gasteiger partial charge in [-0.05, 0) is 45.1 Å². The summed E-state index contributed by atoms with van der Waals surface area (Å²) in [7, 11) is 1.75. The van der Waals surface area contributed by atoms with Gasteiger partial charge in [-0.15, -0.1) is 0 Å². The quantitative estimate of drug-likeness (QED) is 0.807. The molecule has 0 bridgehead atoms. The van der Waals surface area contributed by atoms with Crippen LogP contribution in [0.1, 0.15) is 37.1 Å². The molecule has 2 rings (SSSR count). The Labute approximate surface area is 127 Å². The van der Waals surface area contributed by atoms with E-state index in [2.05, 4.69) is 5.10 Å². The molecule has 0 radical (unpaired) electrons. The Balaban J connectivity index is 1.73. The number of carbonyl (C=O) groups excluding carboxylic acids is 1. The Hall–Kier alpha value is -1.36. The van der Waals surface area contributed by atoms with Crippen molar-refractivity contribution in [3.05, 3.63) is 17.5 Å². The van der Waals surface area contributed by atoms with Gasteiger partial charge in [0.25, 0.3) is 0 Å². The number of amides is 1. The lowest BCUT2D eigenvalue weighted by Gasteiger charge is -2.32. The van der Waals surface area contributed by atoms with Crippen LogP contribution in [0.5, 0.6) is 0 Å². The van der Waals surface area contributed by atoms with E-state index in [1.54, 1.807) is 7.11 Å². The molecule has 1 aromatic rings. The Bertz CT molecular complexity index is 462. The normalized spacial score (nSPS) is 16.4. The lowest BCUT2D eigenvalue weighted by atomic mass is 9.94. The third kappa shape index (κ3) is 4.56. The van der Waals surface area contributed by atoms with E-state index in [1.807, 2.05) is 29.5 Å². The standard InChI is InChI=1S/C16H27N3O2/c1-13-12-14(2)19(17-13)10-6-16(20)18-8-4-15(5-9-18)7-11-21-3/h12,15H,4-11H2,1-3H3. The summed E-state index contributed by atoms with van der Waals surface area (Å²) in [6.07, 6.45) is 3.87. The van der Waals surface area contributed by atoms with Crippen molar-refractivity contribution in [2.45, 2.75) is 46.1 Å². The van der Waals surface area contributed by atoms with Crippen LogP contribution < -0.4 is 0 Å². The van der Waals surface area contributed by atoms with Crippen LogP contribution in [0.15, 0.2) is 6.07 Å². The number of likely N-dealkylation sites (tertiary alicyclic amines) is 1. The first-order valence-corrected chi connectivity index (χ1v) is 7.88. The van der Waals surface area contributed by atoms with E-state index in [0.717, 1.165) is 50.3 Å². The molecule has 0 aromatic carbocycles. The molecule has 5 nitrogen and oxygen atoms in total. The van der Waals surface area contributed by atoms with Gasteiger partial charge in [-0.2, -0.15) is 5.10 Å². The molecule has 1 aliphatic heterocycles. The van der Waals surface area contributed by atoms with E-state index in [1.165, 1.54) is 0 Å². The molecule has 0 spiro atoms. The van der Waals surface area contributed by atoms with Crippen LogP contribution in [0.3, 0.4) is 0 Å². The minimum Gasteiger partial charge on any atom is -0.385 e. The number of hydrogen-bond donors (Lipinski definition) is 0. The third-order valence-corrected chi connectivity index (χ3v) is 4.34. The van der Waals surface area contributed by atoms with E-state index in [4.69, 9.17) is 4.74 Å². The molecule has 1 amide bonds. The lowest BCUT2D eigenvalue weighted by molar-refractivity contribution is -0.132. The fraction of sp³-hybridized carbons (Fsp3) is 0.750. The van der Waals surface area contributed by atoms with Gasteiger partial charge in [-0.3, -0.25) is 9.48 Å². The van der Waals surface area contributed by atoms with Crippen molar-refractivity contribution in [1.29, 1.82) is 0 Å². The molecular weight excluding hydrogens is 266 g/mol. The van der Waals surface area contributed by atoms with Crippen molar-refractivity contribution in [3.63, 3.8) is 0 Å². The van der Waals surface area contributed by atoms with E-state index in [9.17, 15) is 4.79 Å². The molecule has 1 saturated heterocycles. The van der Waals surface area contributed by atoms with Gasteiger partial charge in [0.05, 0.1) is 5.69 Å². The number of hydrogen-bond acceptors (Lipinski definition) is 3. The molecule has 21 heavy (non-hydrogen) atoms. The monoisotopic (exact) mass is 293 g/mol. The van der Waals surface area contributed by atoms with Crippen molar-refractivity contribution in [3.8, 4) is 0 Å². The van der Waals surface area contributed by atoms with E-state index in [-0.39, 0.29) is 5.91 Å². The Morgan fingerprint density at radius 3 is 2.67 bits per heavy atom. The number of methoxy groups -OCH3 is 1. The first-order chi connectivity index (χ1) is 10.1. The average molecular weight is 293 g/mol. The van der Waals surface area contributed by atoms with Gasteiger partial charge in [-0.25, -0.2) is 0 Å². The first kappa shape index (κ1) is 16.0. The molecule has 1 fully saturated rings. The van der Waals surface area contributed by atoms with Crippen molar-refractivity contribution >= 4 is 5.91 Å². The molecule has 0 aliphatic carbocycles. The van der Waals surface area contributed by atoms with Gasteiger partial charge >= 0.3 is 0 Å². The highest BCUT2D eigenvalue weighted by Crippen LogP contribution is 2.21. The highest BCUT2D eigenvalue weighted by atomic mass is 16.5. The smallest absolute Gasteiger partial charge is 0.224 e. The summed E-state index contributed by atoms with van der Waals surface area (Å²) in [6, 6.07) is 2.05. The molecule has 2 heterocycles. The zero-order valence-corrected chi connectivity index (χ0v) is 13.5. The van der Waals surface area contributed by atoms with Crippen LogP contribution in [0.25, 0.3) is 0 Å². The minimum absolute atomic E-state index is 0.257. The molecule has 118 valence electrons. The van der Waals surface area contributed by atoms with Crippen molar-refractivity contribution in [2.24, 2.45) is 5.92 Å². The largest absolute Gasteiger partial charge is 0.385 e. The highest BCUT2D eigenvalue weighted by Gasteiger charge is 2.22. The van der Waals surface area contributed by atoms with Gasteiger partial charge in [0.15, 0.2) is 0 Å². The first-order valence-electron chi connectivity index (χ1n) is 7.88. The molecule has 0 N–H and O–H groups in total. The zero-order valence-electron chi connectivity index (χ0n) is 13.5. The third-order valence-electron chi connectivity index (χ3n) is 4.34. The summed E-state index contributed by atoms with van der Waals surface area (Å²) in [5.41, 5.74) is 2.14. The average Bonchev–Trinajstić information content (AvgIpc) is 2.81. The number of nitrogens with zero attached hydrogens (tertiary/aromatic N) is 3. The van der Waals surface area contributed by atoms with Crippen molar-refractivity contribution in [2.75, 3.05) is 26.8 Å². The lowest BCUT2D eigenvalue weighted by Crippen LogP contribution is -2.39. The summed E-state index contributed by atoms with van der Waals surface area (Å²) in [5.74, 6) is 0.970. The SMILES string of the molecule is COCCC1CCN(C(=O)CCn2nc(C)cc2C)CC1. The molecular formula is C16H27N3O2. The fourth-order valence-electron chi connectivity index (χ4n) is 3.02. The van der Waals surface area contributed by atoms with Crippen LogP contribution in [-0.4, -0.2) is 47.4 Å². The van der Waals surface area contributed by atoms with Crippen LogP contribution in [0.4, 0.5) is 0 Å². The van der Waals surface area contributed by atoms with E-state index < -0.39 is 0 Å². The Morgan fingerprint density at radius 2 is 2.10 bits per heavy atom. The van der Waals surface area contributed by atoms with Crippen LogP contribution in [0.2, 0.25) is 0 Å². The fourth-order valence-corrected chi connectivity index (χ4v) is 3.02. The maximum Gasteiger partial charge on any atom is 0.224 e. The second-order valence-electron chi connectivity index (χ2n) is 6.01. The summed E-state index contributed by atoms with van der Waals surface area (Å²) in [6.45, 7) is 7.31.